The van der Waals surface area contributed by atoms with Crippen LogP contribution < -0.4 is 10.1 Å². The van der Waals surface area contributed by atoms with Crippen LogP contribution in [0.3, 0.4) is 0 Å². The SMILES string of the molecule is Cc1ccc(OCC(=O)OCC(=O)Nc2ccc(C#N)cc2)c(C)c1. The first-order valence-electron chi connectivity index (χ1n) is 7.63. The van der Waals surface area contributed by atoms with Crippen LogP contribution in [0.25, 0.3) is 0 Å². The summed E-state index contributed by atoms with van der Waals surface area (Å²) in [5.41, 5.74) is 3.04. The normalized spacial score (nSPS) is 9.80. The first kappa shape index (κ1) is 18.0. The van der Waals surface area contributed by atoms with E-state index in [1.807, 2.05) is 32.0 Å². The molecule has 25 heavy (non-hydrogen) atoms. The predicted octanol–water partition coefficient (Wildman–Crippen LogP) is 2.74. The molecular weight excluding hydrogens is 320 g/mol. The molecule has 1 amide bonds. The summed E-state index contributed by atoms with van der Waals surface area (Å²) in [5, 5.41) is 11.3. The summed E-state index contributed by atoms with van der Waals surface area (Å²) >= 11 is 0. The van der Waals surface area contributed by atoms with Crippen LogP contribution in [0.1, 0.15) is 16.7 Å². The Labute approximate surface area is 146 Å². The quantitative estimate of drug-likeness (QED) is 0.818. The van der Waals surface area contributed by atoms with Crippen molar-refractivity contribution in [1.82, 2.24) is 0 Å². The Bertz CT molecular complexity index is 807. The Morgan fingerprint density at radius 2 is 1.80 bits per heavy atom. The molecule has 0 saturated carbocycles. The van der Waals surface area contributed by atoms with Gasteiger partial charge in [0.1, 0.15) is 5.75 Å². The van der Waals surface area contributed by atoms with Gasteiger partial charge in [0.25, 0.3) is 5.91 Å². The highest BCUT2D eigenvalue weighted by molar-refractivity contribution is 5.92. The molecule has 2 aromatic rings. The number of aryl methyl sites for hydroxylation is 2. The maximum atomic E-state index is 11.7. The van der Waals surface area contributed by atoms with Crippen LogP contribution in [0.5, 0.6) is 5.75 Å². The van der Waals surface area contributed by atoms with Crippen LogP contribution in [0.4, 0.5) is 5.69 Å². The Morgan fingerprint density at radius 1 is 1.08 bits per heavy atom. The lowest BCUT2D eigenvalue weighted by Crippen LogP contribution is -2.23. The van der Waals surface area contributed by atoms with Gasteiger partial charge in [0.05, 0.1) is 11.6 Å². The topological polar surface area (TPSA) is 88.4 Å². The largest absolute Gasteiger partial charge is 0.482 e. The number of anilines is 1. The van der Waals surface area contributed by atoms with E-state index in [0.29, 0.717) is 17.0 Å². The summed E-state index contributed by atoms with van der Waals surface area (Å²) in [6, 6.07) is 14.0. The Kier molecular flexibility index (Phi) is 6.13. The standard InChI is InChI=1S/C19H18N2O4/c1-13-3-8-17(14(2)9-13)24-12-19(23)25-11-18(22)21-16-6-4-15(10-20)5-7-16/h3-9H,11-12H2,1-2H3,(H,21,22). The van der Waals surface area contributed by atoms with E-state index in [2.05, 4.69) is 5.32 Å². The molecule has 0 aliphatic rings. The zero-order valence-corrected chi connectivity index (χ0v) is 14.0. The molecule has 0 radical (unpaired) electrons. The van der Waals surface area contributed by atoms with Crippen molar-refractivity contribution >= 4 is 17.6 Å². The van der Waals surface area contributed by atoms with Gasteiger partial charge in [-0.1, -0.05) is 17.7 Å². The fourth-order valence-corrected chi connectivity index (χ4v) is 2.11. The van der Waals surface area contributed by atoms with Crippen LogP contribution in [0.2, 0.25) is 0 Å². The van der Waals surface area contributed by atoms with E-state index in [9.17, 15) is 9.59 Å². The molecule has 0 atom stereocenters. The van der Waals surface area contributed by atoms with E-state index in [1.165, 1.54) is 0 Å². The number of nitriles is 1. The number of nitrogens with zero attached hydrogens (tertiary/aromatic N) is 1. The maximum Gasteiger partial charge on any atom is 0.344 e. The molecule has 0 heterocycles. The smallest absolute Gasteiger partial charge is 0.344 e. The zero-order chi connectivity index (χ0) is 18.2. The molecule has 0 unspecified atom stereocenters. The predicted molar refractivity (Wildman–Crippen MR) is 92.2 cm³/mol. The molecular formula is C19H18N2O4. The highest BCUT2D eigenvalue weighted by atomic mass is 16.6. The van der Waals surface area contributed by atoms with Crippen molar-refractivity contribution in [3.8, 4) is 11.8 Å². The second-order valence-corrected chi connectivity index (χ2v) is 5.46. The number of carbonyl (C=O) groups is 2. The summed E-state index contributed by atoms with van der Waals surface area (Å²) in [6.07, 6.45) is 0. The molecule has 0 bridgehead atoms. The highest BCUT2D eigenvalue weighted by Gasteiger charge is 2.10. The Morgan fingerprint density at radius 3 is 2.44 bits per heavy atom. The lowest BCUT2D eigenvalue weighted by Gasteiger charge is -2.10. The van der Waals surface area contributed by atoms with Crippen LogP contribution in [0.15, 0.2) is 42.5 Å². The van der Waals surface area contributed by atoms with Gasteiger partial charge in [0.15, 0.2) is 13.2 Å². The summed E-state index contributed by atoms with van der Waals surface area (Å²) in [4.78, 5) is 23.4. The van der Waals surface area contributed by atoms with Crippen molar-refractivity contribution in [2.45, 2.75) is 13.8 Å². The third-order valence-corrected chi connectivity index (χ3v) is 3.34. The van der Waals surface area contributed by atoms with Crippen LogP contribution in [0, 0.1) is 25.2 Å². The van der Waals surface area contributed by atoms with Crippen molar-refractivity contribution in [1.29, 1.82) is 5.26 Å². The first-order chi connectivity index (χ1) is 12.0. The van der Waals surface area contributed by atoms with Gasteiger partial charge in [-0.2, -0.15) is 5.26 Å². The number of amides is 1. The summed E-state index contributed by atoms with van der Waals surface area (Å²) < 4.78 is 10.3. The van der Waals surface area contributed by atoms with Gasteiger partial charge >= 0.3 is 5.97 Å². The monoisotopic (exact) mass is 338 g/mol. The maximum absolute atomic E-state index is 11.7. The number of ether oxygens (including phenoxy) is 2. The molecule has 0 aliphatic heterocycles. The third-order valence-electron chi connectivity index (χ3n) is 3.34. The van der Waals surface area contributed by atoms with Gasteiger partial charge in [-0.05, 0) is 49.7 Å². The van der Waals surface area contributed by atoms with Gasteiger partial charge < -0.3 is 14.8 Å². The molecule has 2 rings (SSSR count). The summed E-state index contributed by atoms with van der Waals surface area (Å²) in [6.45, 7) is 3.18. The van der Waals surface area contributed by atoms with Crippen molar-refractivity contribution < 1.29 is 19.1 Å². The number of hydrogen-bond donors (Lipinski definition) is 1. The summed E-state index contributed by atoms with van der Waals surface area (Å²) in [5.74, 6) is -0.496. The Hall–Kier alpha value is -3.33. The van der Waals surface area contributed by atoms with Crippen molar-refractivity contribution in [2.24, 2.45) is 0 Å². The molecule has 2 aromatic carbocycles. The van der Waals surface area contributed by atoms with E-state index in [0.717, 1.165) is 11.1 Å². The summed E-state index contributed by atoms with van der Waals surface area (Å²) in [7, 11) is 0. The second kappa shape index (κ2) is 8.50. The molecule has 1 N–H and O–H groups in total. The van der Waals surface area contributed by atoms with E-state index in [4.69, 9.17) is 14.7 Å². The van der Waals surface area contributed by atoms with Gasteiger partial charge in [-0.25, -0.2) is 4.79 Å². The minimum Gasteiger partial charge on any atom is -0.482 e. The highest BCUT2D eigenvalue weighted by Crippen LogP contribution is 2.18. The lowest BCUT2D eigenvalue weighted by molar-refractivity contribution is -0.149. The van der Waals surface area contributed by atoms with Gasteiger partial charge in [0, 0.05) is 5.69 Å². The third kappa shape index (κ3) is 5.66. The number of esters is 1. The lowest BCUT2D eigenvalue weighted by atomic mass is 10.1. The fraction of sp³-hybridized carbons (Fsp3) is 0.211. The number of hydrogen-bond acceptors (Lipinski definition) is 5. The number of carbonyl (C=O) groups excluding carboxylic acids is 2. The van der Waals surface area contributed by atoms with E-state index in [1.54, 1.807) is 30.3 Å². The molecule has 0 spiro atoms. The Balaban J connectivity index is 1.75. The molecule has 128 valence electrons. The van der Waals surface area contributed by atoms with Crippen LogP contribution >= 0.6 is 0 Å². The van der Waals surface area contributed by atoms with E-state index < -0.39 is 18.5 Å². The molecule has 0 fully saturated rings. The minimum absolute atomic E-state index is 0.270. The molecule has 0 saturated heterocycles. The van der Waals surface area contributed by atoms with Crippen LogP contribution in [-0.4, -0.2) is 25.1 Å². The minimum atomic E-state index is -0.630. The second-order valence-electron chi connectivity index (χ2n) is 5.46. The average molecular weight is 338 g/mol. The van der Waals surface area contributed by atoms with E-state index in [-0.39, 0.29) is 6.61 Å². The fourth-order valence-electron chi connectivity index (χ4n) is 2.11. The van der Waals surface area contributed by atoms with Gasteiger partial charge in [-0.3, -0.25) is 4.79 Å². The van der Waals surface area contributed by atoms with Gasteiger partial charge in [0.2, 0.25) is 0 Å². The molecule has 0 aromatic heterocycles. The van der Waals surface area contributed by atoms with Crippen molar-refractivity contribution in [3.63, 3.8) is 0 Å². The van der Waals surface area contributed by atoms with Gasteiger partial charge in [-0.15, -0.1) is 0 Å². The number of nitrogens with one attached hydrogen (secondary N) is 1. The van der Waals surface area contributed by atoms with Crippen molar-refractivity contribution in [3.05, 3.63) is 59.2 Å². The van der Waals surface area contributed by atoms with Crippen molar-refractivity contribution in [2.75, 3.05) is 18.5 Å². The van der Waals surface area contributed by atoms with E-state index >= 15 is 0 Å². The molecule has 6 nitrogen and oxygen atoms in total. The first-order valence-corrected chi connectivity index (χ1v) is 7.63. The molecule has 6 heteroatoms. The average Bonchev–Trinajstić information content (AvgIpc) is 2.60. The van der Waals surface area contributed by atoms with Crippen LogP contribution in [-0.2, 0) is 14.3 Å². The zero-order valence-electron chi connectivity index (χ0n) is 14.0. The number of benzene rings is 2. The molecule has 0 aliphatic carbocycles. The number of rotatable bonds is 6.